The second kappa shape index (κ2) is 10.2. The van der Waals surface area contributed by atoms with Crippen molar-refractivity contribution in [3.05, 3.63) is 70.1 Å². The maximum Gasteiger partial charge on any atom is 0.341 e. The van der Waals surface area contributed by atoms with Crippen LogP contribution in [0.2, 0.25) is 5.02 Å². The summed E-state index contributed by atoms with van der Waals surface area (Å²) in [4.78, 5) is 10.8. The molecule has 1 aromatic rings. The Morgan fingerprint density at radius 1 is 1.45 bits per heavy atom. The molecule has 156 valence electrons. The van der Waals surface area contributed by atoms with Crippen LogP contribution in [0.3, 0.4) is 0 Å². The Kier molecular flexibility index (Phi) is 7.66. The van der Waals surface area contributed by atoms with Crippen molar-refractivity contribution >= 4 is 30.2 Å². The Hall–Kier alpha value is -1.93. The Morgan fingerprint density at radius 3 is 3.03 bits per heavy atom. The van der Waals surface area contributed by atoms with Crippen LogP contribution in [-0.4, -0.2) is 41.3 Å². The number of aliphatic hydroxyl groups excluding tert-OH is 1. The third kappa shape index (κ3) is 6.02. The molecule has 0 amide bonds. The van der Waals surface area contributed by atoms with E-state index in [4.69, 9.17) is 21.4 Å². The first kappa shape index (κ1) is 21.8. The highest BCUT2D eigenvalue weighted by atomic mass is 35.5. The lowest BCUT2D eigenvalue weighted by Gasteiger charge is -2.20. The molecule has 0 fully saturated rings. The normalized spacial score (nSPS) is 20.4. The Bertz CT molecular complexity index is 840. The van der Waals surface area contributed by atoms with E-state index in [-0.39, 0.29) is 17.9 Å². The largest absolute Gasteiger partial charge is 0.480 e. The fraction of sp³-hybridized carbons (Fsp3) is 0.381. The predicted molar refractivity (Wildman–Crippen MR) is 116 cm³/mol. The van der Waals surface area contributed by atoms with E-state index in [0.717, 1.165) is 29.8 Å². The number of hydrogen-bond donors (Lipinski definition) is 5. The van der Waals surface area contributed by atoms with Gasteiger partial charge in [-0.25, -0.2) is 4.79 Å². The van der Waals surface area contributed by atoms with E-state index in [0.29, 0.717) is 23.7 Å². The number of hydrogen-bond acceptors (Lipinski definition) is 6. The van der Waals surface area contributed by atoms with E-state index < -0.39 is 12.1 Å². The first-order valence-corrected chi connectivity index (χ1v) is 10.4. The summed E-state index contributed by atoms with van der Waals surface area (Å²) >= 11 is 10.6. The molecule has 1 aliphatic carbocycles. The minimum atomic E-state index is -1.00. The van der Waals surface area contributed by atoms with Gasteiger partial charge in [-0.2, -0.15) is 12.6 Å². The van der Waals surface area contributed by atoms with Crippen LogP contribution in [0.1, 0.15) is 24.5 Å². The molecular formula is C21H25ClN2O4S. The van der Waals surface area contributed by atoms with Gasteiger partial charge in [-0.05, 0) is 42.2 Å². The fourth-order valence-electron chi connectivity index (χ4n) is 3.48. The SMILES string of the molecule is O=C(O)COC1=CCC=CC2=C1NCC2CC(S)NCC(O)c1cccc(Cl)c1. The van der Waals surface area contributed by atoms with Gasteiger partial charge in [0.2, 0.25) is 0 Å². The van der Waals surface area contributed by atoms with Gasteiger partial charge < -0.3 is 25.6 Å². The van der Waals surface area contributed by atoms with E-state index in [1.807, 2.05) is 24.3 Å². The van der Waals surface area contributed by atoms with Gasteiger partial charge in [0.05, 0.1) is 17.2 Å². The highest BCUT2D eigenvalue weighted by Gasteiger charge is 2.29. The molecule has 0 bridgehead atoms. The molecule has 6 nitrogen and oxygen atoms in total. The molecule has 4 N–H and O–H groups in total. The second-order valence-corrected chi connectivity index (χ2v) is 8.09. The molecule has 0 saturated heterocycles. The lowest BCUT2D eigenvalue weighted by atomic mass is 9.96. The van der Waals surface area contributed by atoms with Gasteiger partial charge in [0, 0.05) is 24.0 Å². The van der Waals surface area contributed by atoms with E-state index >= 15 is 0 Å². The second-order valence-electron chi connectivity index (χ2n) is 7.03. The summed E-state index contributed by atoms with van der Waals surface area (Å²) in [7, 11) is 0. The topological polar surface area (TPSA) is 90.8 Å². The number of thiol groups is 1. The quantitative estimate of drug-likeness (QED) is 0.302. The van der Waals surface area contributed by atoms with Crippen molar-refractivity contribution in [2.24, 2.45) is 5.92 Å². The number of aliphatic carboxylic acids is 1. The zero-order valence-electron chi connectivity index (χ0n) is 15.8. The minimum Gasteiger partial charge on any atom is -0.480 e. The molecule has 2 aliphatic rings. The summed E-state index contributed by atoms with van der Waals surface area (Å²) in [6.45, 7) is 0.717. The van der Waals surface area contributed by atoms with E-state index in [2.05, 4.69) is 29.3 Å². The van der Waals surface area contributed by atoms with Gasteiger partial charge in [-0.3, -0.25) is 0 Å². The molecule has 29 heavy (non-hydrogen) atoms. The number of carboxylic acids is 1. The molecule has 0 spiro atoms. The molecule has 1 aliphatic heterocycles. The number of allylic oxidation sites excluding steroid dienone is 3. The van der Waals surface area contributed by atoms with Gasteiger partial charge in [-0.1, -0.05) is 35.9 Å². The summed E-state index contributed by atoms with van der Waals surface area (Å²) in [5, 5.41) is 26.3. The number of carboxylic acid groups (broad SMARTS) is 1. The average Bonchev–Trinajstić information content (AvgIpc) is 2.95. The van der Waals surface area contributed by atoms with E-state index in [1.54, 1.807) is 12.1 Å². The first-order chi connectivity index (χ1) is 13.9. The summed E-state index contributed by atoms with van der Waals surface area (Å²) < 4.78 is 5.45. The highest BCUT2D eigenvalue weighted by Crippen LogP contribution is 2.32. The Morgan fingerprint density at radius 2 is 2.28 bits per heavy atom. The number of aliphatic hydroxyl groups is 1. The molecule has 0 radical (unpaired) electrons. The van der Waals surface area contributed by atoms with Crippen molar-refractivity contribution < 1.29 is 19.7 Å². The predicted octanol–water partition coefficient (Wildman–Crippen LogP) is 3.03. The summed E-state index contributed by atoms with van der Waals surface area (Å²) in [5.74, 6) is -0.220. The van der Waals surface area contributed by atoms with Crippen LogP contribution in [-0.2, 0) is 9.53 Å². The molecular weight excluding hydrogens is 412 g/mol. The van der Waals surface area contributed by atoms with Crippen LogP contribution in [0.15, 0.2) is 59.5 Å². The summed E-state index contributed by atoms with van der Waals surface area (Å²) in [6.07, 6.45) is 6.75. The molecule has 3 rings (SSSR count). The van der Waals surface area contributed by atoms with Gasteiger partial charge in [0.25, 0.3) is 0 Å². The van der Waals surface area contributed by atoms with Crippen molar-refractivity contribution in [1.82, 2.24) is 10.6 Å². The molecule has 8 heteroatoms. The van der Waals surface area contributed by atoms with Crippen LogP contribution < -0.4 is 10.6 Å². The molecule has 3 unspecified atom stereocenters. The van der Waals surface area contributed by atoms with Crippen LogP contribution >= 0.6 is 24.2 Å². The zero-order valence-corrected chi connectivity index (χ0v) is 17.5. The van der Waals surface area contributed by atoms with Crippen LogP contribution in [0.5, 0.6) is 0 Å². The maximum absolute atomic E-state index is 10.8. The van der Waals surface area contributed by atoms with E-state index in [1.165, 1.54) is 0 Å². The Labute approximate surface area is 180 Å². The smallest absolute Gasteiger partial charge is 0.341 e. The van der Waals surface area contributed by atoms with Crippen molar-refractivity contribution in [2.45, 2.75) is 24.3 Å². The number of carbonyl (C=O) groups is 1. The molecule has 0 aromatic heterocycles. The summed E-state index contributed by atoms with van der Waals surface area (Å²) in [5.41, 5.74) is 2.70. The molecule has 3 atom stereocenters. The van der Waals surface area contributed by atoms with Gasteiger partial charge in [-0.15, -0.1) is 0 Å². The number of nitrogens with one attached hydrogen (secondary N) is 2. The van der Waals surface area contributed by atoms with Crippen molar-refractivity contribution in [3.8, 4) is 0 Å². The van der Waals surface area contributed by atoms with Crippen LogP contribution in [0.4, 0.5) is 0 Å². The molecule has 1 heterocycles. The van der Waals surface area contributed by atoms with Gasteiger partial charge >= 0.3 is 5.97 Å². The zero-order chi connectivity index (χ0) is 20.8. The number of halogens is 1. The third-order valence-corrected chi connectivity index (χ3v) is 5.50. The van der Waals surface area contributed by atoms with Gasteiger partial charge in [0.1, 0.15) is 5.76 Å². The Balaban J connectivity index is 1.57. The van der Waals surface area contributed by atoms with Gasteiger partial charge in [0.15, 0.2) is 6.61 Å². The average molecular weight is 437 g/mol. The monoisotopic (exact) mass is 436 g/mol. The third-order valence-electron chi connectivity index (χ3n) is 4.88. The maximum atomic E-state index is 10.8. The fourth-order valence-corrected chi connectivity index (χ4v) is 4.03. The highest BCUT2D eigenvalue weighted by molar-refractivity contribution is 7.80. The molecule has 0 saturated carbocycles. The number of ether oxygens (including phenoxy) is 1. The van der Waals surface area contributed by atoms with E-state index in [9.17, 15) is 9.90 Å². The number of benzene rings is 1. The van der Waals surface area contributed by atoms with Crippen LogP contribution in [0, 0.1) is 5.92 Å². The van der Waals surface area contributed by atoms with Crippen molar-refractivity contribution in [1.29, 1.82) is 0 Å². The molecule has 1 aromatic carbocycles. The lowest BCUT2D eigenvalue weighted by Crippen LogP contribution is -2.31. The summed E-state index contributed by atoms with van der Waals surface area (Å²) in [6, 6.07) is 7.17. The van der Waals surface area contributed by atoms with Crippen molar-refractivity contribution in [3.63, 3.8) is 0 Å². The van der Waals surface area contributed by atoms with Crippen LogP contribution in [0.25, 0.3) is 0 Å². The first-order valence-electron chi connectivity index (χ1n) is 9.48. The number of rotatable bonds is 9. The standard InChI is InChI=1S/C21H25ClN2O4S/c22-15-5-3-4-13(8-15)17(25)11-23-19(29)9-14-10-24-21-16(14)6-1-2-7-18(21)28-12-20(26)27/h1,3-8,14,17,19,23-25,29H,2,9-12H2,(H,26,27). The van der Waals surface area contributed by atoms with Crippen molar-refractivity contribution in [2.75, 3.05) is 19.7 Å². The minimum absolute atomic E-state index is 0.119. The lowest BCUT2D eigenvalue weighted by molar-refractivity contribution is -0.140.